The van der Waals surface area contributed by atoms with E-state index in [0.717, 1.165) is 23.7 Å². The van der Waals surface area contributed by atoms with Gasteiger partial charge in [0.25, 0.3) is 0 Å². The number of hydrogen-bond donors (Lipinski definition) is 0. The van der Waals surface area contributed by atoms with Crippen LogP contribution in [-0.2, 0) is 0 Å². The molecule has 0 nitrogen and oxygen atoms in total. The highest BCUT2D eigenvalue weighted by Crippen LogP contribution is 2.61. The maximum absolute atomic E-state index is 2.40. The van der Waals surface area contributed by atoms with Crippen LogP contribution in [0.5, 0.6) is 0 Å². The molecule has 0 saturated heterocycles. The molecular weight excluding hydrogens is 228 g/mol. The highest BCUT2D eigenvalue weighted by Gasteiger charge is 2.49. The first kappa shape index (κ1) is 12.0. The molecule has 4 bridgehead atoms. The molecule has 101 valence electrons. The largest absolute Gasteiger partial charge is 0.0561 e. The van der Waals surface area contributed by atoms with Gasteiger partial charge in [-0.2, -0.15) is 0 Å². The maximum Gasteiger partial charge on any atom is -0.00658 e. The number of aryl methyl sites for hydroxylation is 3. The minimum Gasteiger partial charge on any atom is -0.0561 e. The third kappa shape index (κ3) is 1.79. The molecule has 4 aliphatic rings. The molecular formula is C19H25. The Morgan fingerprint density at radius 2 is 1.42 bits per heavy atom. The maximum atomic E-state index is 2.40. The lowest BCUT2D eigenvalue weighted by Crippen LogP contribution is -2.43. The molecule has 0 aromatic heterocycles. The number of hydrogen-bond acceptors (Lipinski definition) is 0. The molecule has 0 spiro atoms. The van der Waals surface area contributed by atoms with Crippen LogP contribution in [-0.4, -0.2) is 0 Å². The van der Waals surface area contributed by atoms with Gasteiger partial charge in [0.05, 0.1) is 0 Å². The standard InChI is InChI=1S/C19H25/c1-11-4-12(2)18(13(3)5-11)19-16-7-14-6-15(9-16)10-17(19)8-14/h4-5,14-16,19H,6-10H2,1-3H3. The summed E-state index contributed by atoms with van der Waals surface area (Å²) in [6.07, 6.45) is 7.46. The molecule has 1 aromatic rings. The molecule has 0 heterocycles. The van der Waals surface area contributed by atoms with Crippen molar-refractivity contribution in [1.29, 1.82) is 0 Å². The van der Waals surface area contributed by atoms with Crippen LogP contribution in [0.25, 0.3) is 0 Å². The quantitative estimate of drug-likeness (QED) is 0.652. The predicted octanol–water partition coefficient (Wildman–Crippen LogP) is 5.11. The molecule has 0 heteroatoms. The zero-order valence-electron chi connectivity index (χ0n) is 12.5. The summed E-state index contributed by atoms with van der Waals surface area (Å²) in [4.78, 5) is 0. The monoisotopic (exact) mass is 253 g/mol. The van der Waals surface area contributed by atoms with E-state index in [1.54, 1.807) is 23.1 Å². The topological polar surface area (TPSA) is 0 Å². The summed E-state index contributed by atoms with van der Waals surface area (Å²) in [5.41, 5.74) is 6.21. The van der Waals surface area contributed by atoms with E-state index in [0.29, 0.717) is 0 Å². The Labute approximate surface area is 117 Å². The first-order valence-electron chi connectivity index (χ1n) is 8.04. The van der Waals surface area contributed by atoms with Crippen LogP contribution < -0.4 is 0 Å². The van der Waals surface area contributed by atoms with Gasteiger partial charge in [0.15, 0.2) is 0 Å². The third-order valence-electron chi connectivity index (χ3n) is 6.00. The molecule has 1 radical (unpaired) electrons. The van der Waals surface area contributed by atoms with Crippen molar-refractivity contribution in [2.45, 2.75) is 58.8 Å². The Kier molecular flexibility index (Phi) is 2.59. The first-order valence-corrected chi connectivity index (χ1v) is 8.04. The van der Waals surface area contributed by atoms with E-state index in [4.69, 9.17) is 0 Å². The average Bonchev–Trinajstić information content (AvgIpc) is 2.30. The summed E-state index contributed by atoms with van der Waals surface area (Å²) in [5.74, 6) is 5.80. The SMILES string of the molecule is Cc1cc(C)c(C2[C]3CC4CC(C3)CC2C4)c(C)c1. The van der Waals surface area contributed by atoms with Crippen molar-refractivity contribution in [3.05, 3.63) is 40.3 Å². The summed E-state index contributed by atoms with van der Waals surface area (Å²) in [6, 6.07) is 4.79. The van der Waals surface area contributed by atoms with E-state index in [1.807, 2.05) is 5.92 Å². The molecule has 0 amide bonds. The highest BCUT2D eigenvalue weighted by molar-refractivity contribution is 5.44. The van der Waals surface area contributed by atoms with Crippen molar-refractivity contribution >= 4 is 0 Å². The van der Waals surface area contributed by atoms with Crippen LogP contribution in [0.3, 0.4) is 0 Å². The first-order chi connectivity index (χ1) is 9.11. The smallest absolute Gasteiger partial charge is 0.00658 e. The summed E-state index contributed by atoms with van der Waals surface area (Å²) < 4.78 is 0. The van der Waals surface area contributed by atoms with E-state index in [1.165, 1.54) is 31.2 Å². The van der Waals surface area contributed by atoms with Gasteiger partial charge in [-0.05, 0) is 99.2 Å². The highest BCUT2D eigenvalue weighted by atomic mass is 14.5. The molecule has 0 N–H and O–H groups in total. The van der Waals surface area contributed by atoms with Crippen molar-refractivity contribution < 1.29 is 0 Å². The van der Waals surface area contributed by atoms with Gasteiger partial charge in [0, 0.05) is 0 Å². The number of rotatable bonds is 1. The van der Waals surface area contributed by atoms with Gasteiger partial charge in [-0.1, -0.05) is 17.7 Å². The van der Waals surface area contributed by atoms with Crippen molar-refractivity contribution in [2.24, 2.45) is 17.8 Å². The van der Waals surface area contributed by atoms with E-state index in [-0.39, 0.29) is 0 Å². The van der Waals surface area contributed by atoms with Crippen LogP contribution in [0.2, 0.25) is 0 Å². The summed E-state index contributed by atoms with van der Waals surface area (Å²) in [6.45, 7) is 6.90. The minimum absolute atomic E-state index is 0.813. The average molecular weight is 253 g/mol. The summed E-state index contributed by atoms with van der Waals surface area (Å²) in [5, 5.41) is 0. The van der Waals surface area contributed by atoms with E-state index in [2.05, 4.69) is 32.9 Å². The molecule has 19 heavy (non-hydrogen) atoms. The Morgan fingerprint density at radius 1 is 0.842 bits per heavy atom. The van der Waals surface area contributed by atoms with Gasteiger partial charge < -0.3 is 0 Å². The molecule has 3 atom stereocenters. The van der Waals surface area contributed by atoms with Crippen LogP contribution >= 0.6 is 0 Å². The lowest BCUT2D eigenvalue weighted by Gasteiger charge is -2.55. The van der Waals surface area contributed by atoms with Crippen LogP contribution in [0, 0.1) is 44.4 Å². The molecule has 0 aliphatic heterocycles. The van der Waals surface area contributed by atoms with Gasteiger partial charge in [0.1, 0.15) is 0 Å². The van der Waals surface area contributed by atoms with E-state index < -0.39 is 0 Å². The fraction of sp³-hybridized carbons (Fsp3) is 0.632. The van der Waals surface area contributed by atoms with Gasteiger partial charge in [-0.15, -0.1) is 0 Å². The summed E-state index contributed by atoms with van der Waals surface area (Å²) in [7, 11) is 0. The molecule has 4 aliphatic carbocycles. The van der Waals surface area contributed by atoms with Gasteiger partial charge in [-0.3, -0.25) is 0 Å². The second kappa shape index (κ2) is 4.11. The Bertz CT molecular complexity index is 460. The molecule has 1 aromatic carbocycles. The predicted molar refractivity (Wildman–Crippen MR) is 80.2 cm³/mol. The fourth-order valence-corrected chi connectivity index (χ4v) is 5.76. The van der Waals surface area contributed by atoms with Crippen LogP contribution in [0.4, 0.5) is 0 Å². The molecule has 4 saturated carbocycles. The van der Waals surface area contributed by atoms with Crippen molar-refractivity contribution in [1.82, 2.24) is 0 Å². The van der Waals surface area contributed by atoms with E-state index >= 15 is 0 Å². The number of benzene rings is 1. The second-order valence-electron chi connectivity index (χ2n) is 7.56. The van der Waals surface area contributed by atoms with Gasteiger partial charge >= 0.3 is 0 Å². The fourth-order valence-electron chi connectivity index (χ4n) is 5.76. The zero-order chi connectivity index (χ0) is 13.1. The van der Waals surface area contributed by atoms with Crippen molar-refractivity contribution in [2.75, 3.05) is 0 Å². The lowest BCUT2D eigenvalue weighted by molar-refractivity contribution is 0.0719. The van der Waals surface area contributed by atoms with Gasteiger partial charge in [0.2, 0.25) is 0 Å². The zero-order valence-corrected chi connectivity index (χ0v) is 12.5. The lowest BCUT2D eigenvalue weighted by atomic mass is 9.50. The molecule has 4 fully saturated rings. The molecule has 3 unspecified atom stereocenters. The Hall–Kier alpha value is -0.780. The minimum atomic E-state index is 0.813. The van der Waals surface area contributed by atoms with Crippen LogP contribution in [0.1, 0.15) is 60.3 Å². The third-order valence-corrected chi connectivity index (χ3v) is 6.00. The van der Waals surface area contributed by atoms with Crippen LogP contribution in [0.15, 0.2) is 12.1 Å². The second-order valence-corrected chi connectivity index (χ2v) is 7.56. The molecule has 5 rings (SSSR count). The normalized spacial score (nSPS) is 37.0. The Morgan fingerprint density at radius 3 is 1.95 bits per heavy atom. The van der Waals surface area contributed by atoms with E-state index in [9.17, 15) is 0 Å². The van der Waals surface area contributed by atoms with Crippen molar-refractivity contribution in [3.8, 4) is 0 Å². The Balaban J connectivity index is 1.77. The van der Waals surface area contributed by atoms with Gasteiger partial charge in [-0.25, -0.2) is 0 Å². The van der Waals surface area contributed by atoms with Crippen molar-refractivity contribution in [3.63, 3.8) is 0 Å². The summed E-state index contributed by atoms with van der Waals surface area (Å²) >= 11 is 0.